The smallest absolute Gasteiger partial charge is 0.383 e. The summed E-state index contributed by atoms with van der Waals surface area (Å²) < 4.78 is 41.1. The van der Waals surface area contributed by atoms with Crippen LogP contribution in [0.15, 0.2) is 48.8 Å². The van der Waals surface area contributed by atoms with Crippen LogP contribution in [-0.4, -0.2) is 50.6 Å². The van der Waals surface area contributed by atoms with Crippen LogP contribution in [0.2, 0.25) is 0 Å². The molecule has 0 aliphatic carbocycles. The first-order valence-electron chi connectivity index (χ1n) is 12.6. The largest absolute Gasteiger partial charge is 0.416 e. The number of nitrogen functional groups attached to an aromatic ring is 1. The minimum atomic E-state index is -4.51. The lowest BCUT2D eigenvalue weighted by molar-refractivity contribution is -0.137. The molecule has 2 N–H and O–H groups in total. The van der Waals surface area contributed by atoms with Gasteiger partial charge in [-0.25, -0.2) is 14.6 Å². The number of carbonyl (C=O) groups excluding carboxylic acids is 1. The Morgan fingerprint density at radius 2 is 1.87 bits per heavy atom. The van der Waals surface area contributed by atoms with Gasteiger partial charge in [0, 0.05) is 17.5 Å². The number of benzene rings is 2. The van der Waals surface area contributed by atoms with Crippen LogP contribution in [0.4, 0.5) is 19.0 Å². The minimum Gasteiger partial charge on any atom is -0.383 e. The van der Waals surface area contributed by atoms with Crippen molar-refractivity contribution in [3.63, 3.8) is 0 Å². The highest BCUT2D eigenvalue weighted by Gasteiger charge is 2.31. The van der Waals surface area contributed by atoms with Crippen LogP contribution < -0.4 is 5.73 Å². The topological polar surface area (TPSA) is 89.9 Å². The summed E-state index contributed by atoms with van der Waals surface area (Å²) in [7, 11) is 2.10. The SMILES string of the molecule is Cc1ccc(CC(=O)c2cccc(C(F)(F)F)c2)cc1C#Cc1nn(C2CCN(C)CC2)c2ncnc(N)c12. The minimum absolute atomic E-state index is 0.0134. The molecule has 200 valence electrons. The number of aromatic nitrogens is 4. The Labute approximate surface area is 223 Å². The van der Waals surface area contributed by atoms with E-state index in [4.69, 9.17) is 10.8 Å². The Morgan fingerprint density at radius 1 is 1.10 bits per heavy atom. The summed E-state index contributed by atoms with van der Waals surface area (Å²) in [5, 5.41) is 5.39. The fourth-order valence-corrected chi connectivity index (χ4v) is 4.77. The van der Waals surface area contributed by atoms with Gasteiger partial charge in [-0.2, -0.15) is 18.3 Å². The molecule has 2 aromatic heterocycles. The molecule has 1 fully saturated rings. The number of fused-ring (bicyclic) bond motifs is 1. The lowest BCUT2D eigenvalue weighted by Gasteiger charge is -2.29. The molecule has 0 spiro atoms. The molecule has 1 saturated heterocycles. The summed E-state index contributed by atoms with van der Waals surface area (Å²) in [6.45, 7) is 3.81. The average Bonchev–Trinajstić information content (AvgIpc) is 3.29. The number of piperidine rings is 1. The van der Waals surface area contributed by atoms with Gasteiger partial charge in [0.2, 0.25) is 0 Å². The number of ketones is 1. The van der Waals surface area contributed by atoms with Crippen LogP contribution in [0.1, 0.15) is 57.2 Å². The van der Waals surface area contributed by atoms with Gasteiger partial charge in [-0.15, -0.1) is 0 Å². The Hall–Kier alpha value is -4.23. The second-order valence-corrected chi connectivity index (χ2v) is 9.86. The molecule has 0 unspecified atom stereocenters. The van der Waals surface area contributed by atoms with Crippen molar-refractivity contribution in [2.24, 2.45) is 0 Å². The molecule has 0 amide bonds. The number of hydrogen-bond donors (Lipinski definition) is 1. The van der Waals surface area contributed by atoms with Crippen molar-refractivity contribution >= 4 is 22.6 Å². The number of Topliss-reactive ketones (excluding diaryl/α,β-unsaturated/α-hetero) is 1. The van der Waals surface area contributed by atoms with Crippen molar-refractivity contribution in [2.75, 3.05) is 25.9 Å². The van der Waals surface area contributed by atoms with Crippen LogP contribution in [0.5, 0.6) is 0 Å². The molecule has 10 heteroatoms. The number of nitrogens with zero attached hydrogens (tertiary/aromatic N) is 5. The monoisotopic (exact) mass is 532 g/mol. The number of carbonyl (C=O) groups is 1. The lowest BCUT2D eigenvalue weighted by Crippen LogP contribution is -2.32. The van der Waals surface area contributed by atoms with Crippen molar-refractivity contribution in [3.05, 3.63) is 82.3 Å². The standard InChI is InChI=1S/C29H27F3N6O/c1-18-6-7-19(15-25(39)21-4-3-5-22(16-21)29(30,31)32)14-20(18)8-9-24-26-27(33)34-17-35-28(26)38(36-24)23-10-12-37(2)13-11-23/h3-7,14,16-17,23H,10-13,15H2,1-2H3,(H2,33,34,35). The molecule has 0 radical (unpaired) electrons. The highest BCUT2D eigenvalue weighted by Crippen LogP contribution is 2.30. The van der Waals surface area contributed by atoms with E-state index in [0.29, 0.717) is 33.7 Å². The molecule has 0 saturated carbocycles. The molecule has 2 aromatic carbocycles. The number of nitrogens with two attached hydrogens (primary N) is 1. The van der Waals surface area contributed by atoms with E-state index in [1.807, 2.05) is 17.7 Å². The maximum Gasteiger partial charge on any atom is 0.416 e. The van der Waals surface area contributed by atoms with Gasteiger partial charge < -0.3 is 10.6 Å². The van der Waals surface area contributed by atoms with E-state index < -0.39 is 17.5 Å². The van der Waals surface area contributed by atoms with E-state index >= 15 is 0 Å². The Kier molecular flexibility index (Phi) is 7.10. The molecule has 39 heavy (non-hydrogen) atoms. The maximum absolute atomic E-state index is 13.1. The van der Waals surface area contributed by atoms with Gasteiger partial charge in [-0.3, -0.25) is 4.79 Å². The van der Waals surface area contributed by atoms with Gasteiger partial charge in [0.05, 0.1) is 17.0 Å². The van der Waals surface area contributed by atoms with Crippen LogP contribution in [-0.2, 0) is 12.6 Å². The number of alkyl halides is 3. The normalized spacial score (nSPS) is 14.8. The second-order valence-electron chi connectivity index (χ2n) is 9.86. The van der Waals surface area contributed by atoms with Gasteiger partial charge in [0.25, 0.3) is 0 Å². The van der Waals surface area contributed by atoms with Crippen LogP contribution >= 0.6 is 0 Å². The molecule has 1 aliphatic heterocycles. The lowest BCUT2D eigenvalue weighted by atomic mass is 9.98. The summed E-state index contributed by atoms with van der Waals surface area (Å²) in [6, 6.07) is 10.1. The molecular weight excluding hydrogens is 505 g/mol. The average molecular weight is 533 g/mol. The van der Waals surface area contributed by atoms with Gasteiger partial charge in [0.1, 0.15) is 17.8 Å². The maximum atomic E-state index is 13.1. The highest BCUT2D eigenvalue weighted by atomic mass is 19.4. The van der Waals surface area contributed by atoms with Crippen molar-refractivity contribution < 1.29 is 18.0 Å². The molecule has 3 heterocycles. The van der Waals surface area contributed by atoms with Gasteiger partial charge in [-0.1, -0.05) is 30.2 Å². The molecule has 5 rings (SSSR count). The Balaban J connectivity index is 1.44. The third kappa shape index (κ3) is 5.64. The fourth-order valence-electron chi connectivity index (χ4n) is 4.77. The number of rotatable bonds is 4. The van der Waals surface area contributed by atoms with Gasteiger partial charge in [0.15, 0.2) is 11.4 Å². The van der Waals surface area contributed by atoms with Crippen LogP contribution in [0, 0.1) is 18.8 Å². The third-order valence-electron chi connectivity index (χ3n) is 7.05. The second kappa shape index (κ2) is 10.5. The van der Waals surface area contributed by atoms with E-state index in [1.54, 1.807) is 12.1 Å². The van der Waals surface area contributed by atoms with Gasteiger partial charge in [-0.05, 0) is 75.1 Å². The van der Waals surface area contributed by atoms with Crippen molar-refractivity contribution in [2.45, 2.75) is 38.4 Å². The zero-order valence-electron chi connectivity index (χ0n) is 21.6. The highest BCUT2D eigenvalue weighted by molar-refractivity contribution is 5.97. The van der Waals surface area contributed by atoms with E-state index in [1.165, 1.54) is 18.5 Å². The van der Waals surface area contributed by atoms with E-state index in [0.717, 1.165) is 43.6 Å². The first-order valence-corrected chi connectivity index (χ1v) is 12.6. The molecule has 4 aromatic rings. The van der Waals surface area contributed by atoms with Crippen molar-refractivity contribution in [1.29, 1.82) is 0 Å². The van der Waals surface area contributed by atoms with Crippen LogP contribution in [0.25, 0.3) is 11.0 Å². The molecule has 0 bridgehead atoms. The van der Waals surface area contributed by atoms with Crippen molar-refractivity contribution in [3.8, 4) is 11.8 Å². The predicted molar refractivity (Wildman–Crippen MR) is 142 cm³/mol. The van der Waals surface area contributed by atoms with E-state index in [9.17, 15) is 18.0 Å². The quantitative estimate of drug-likeness (QED) is 0.299. The summed E-state index contributed by atoms with van der Waals surface area (Å²) in [6.07, 6.45) is -1.26. The van der Waals surface area contributed by atoms with E-state index in [-0.39, 0.29) is 18.0 Å². The van der Waals surface area contributed by atoms with E-state index in [2.05, 4.69) is 33.8 Å². The zero-order chi connectivity index (χ0) is 27.7. The van der Waals surface area contributed by atoms with Crippen LogP contribution in [0.3, 0.4) is 0 Å². The number of likely N-dealkylation sites (tertiary alicyclic amines) is 1. The first-order chi connectivity index (χ1) is 18.6. The first kappa shape index (κ1) is 26.4. The number of halogens is 3. The Morgan fingerprint density at radius 3 is 2.62 bits per heavy atom. The molecule has 1 aliphatic rings. The Bertz CT molecular complexity index is 1610. The predicted octanol–water partition coefficient (Wildman–Crippen LogP) is 4.83. The summed E-state index contributed by atoms with van der Waals surface area (Å²) in [5.41, 5.74) is 8.72. The third-order valence-corrected chi connectivity index (χ3v) is 7.05. The number of aryl methyl sites for hydroxylation is 1. The number of hydrogen-bond acceptors (Lipinski definition) is 6. The summed E-state index contributed by atoms with van der Waals surface area (Å²) >= 11 is 0. The van der Waals surface area contributed by atoms with Crippen molar-refractivity contribution in [1.82, 2.24) is 24.6 Å². The van der Waals surface area contributed by atoms with Gasteiger partial charge >= 0.3 is 6.18 Å². The number of anilines is 1. The molecular formula is C29H27F3N6O. The molecule has 0 atom stereocenters. The fraction of sp³-hybridized carbons (Fsp3) is 0.310. The summed E-state index contributed by atoms with van der Waals surface area (Å²) in [4.78, 5) is 23.6. The molecule has 7 nitrogen and oxygen atoms in total. The summed E-state index contributed by atoms with van der Waals surface area (Å²) in [5.74, 6) is 6.18. The zero-order valence-corrected chi connectivity index (χ0v) is 21.6.